The first-order chi connectivity index (χ1) is 12.7. The lowest BCUT2D eigenvalue weighted by Crippen LogP contribution is -2.06. The second-order valence-corrected chi connectivity index (χ2v) is 8.65. The molecule has 7 heteroatoms. The Bertz CT molecular complexity index is 1200. The Morgan fingerprint density at radius 1 is 1.11 bits per heavy atom. The third-order valence-corrected chi connectivity index (χ3v) is 5.56. The van der Waals surface area contributed by atoms with Crippen molar-refractivity contribution < 1.29 is 17.7 Å². The molecule has 6 nitrogen and oxygen atoms in total. The molecular formula is C20H18N2O4S. The van der Waals surface area contributed by atoms with Gasteiger partial charge in [0.05, 0.1) is 27.2 Å². The number of nitrogens with zero attached hydrogens (tertiary/aromatic N) is 2. The maximum absolute atomic E-state index is 12.0. The quantitative estimate of drug-likeness (QED) is 0.477. The average molecular weight is 382 g/mol. The molecule has 0 aliphatic carbocycles. The van der Waals surface area contributed by atoms with Crippen LogP contribution in [0.25, 0.3) is 33.5 Å². The lowest BCUT2D eigenvalue weighted by atomic mass is 10.0. The molecule has 3 heterocycles. The zero-order chi connectivity index (χ0) is 19.3. The van der Waals surface area contributed by atoms with Gasteiger partial charge < -0.3 is 13.5 Å². The predicted molar refractivity (Wildman–Crippen MR) is 102 cm³/mol. The zero-order valence-electron chi connectivity index (χ0n) is 15.4. The van der Waals surface area contributed by atoms with Crippen LogP contribution in [0.1, 0.15) is 17.2 Å². The minimum atomic E-state index is -3.33. The molecule has 3 aromatic heterocycles. The Balaban J connectivity index is 2.02. The smallest absolute Gasteiger partial charge is 0.160 e. The molecule has 0 aliphatic rings. The molecule has 4 aromatic rings. The van der Waals surface area contributed by atoms with Gasteiger partial charge in [-0.3, -0.25) is 0 Å². The molecular weight excluding hydrogens is 364 g/mol. The minimum Gasteiger partial charge on any atom is -0.610 e. The lowest BCUT2D eigenvalue weighted by molar-refractivity contribution is 0.393. The van der Waals surface area contributed by atoms with Crippen molar-refractivity contribution in [2.75, 3.05) is 6.26 Å². The van der Waals surface area contributed by atoms with Crippen LogP contribution in [0, 0.1) is 20.8 Å². The summed E-state index contributed by atoms with van der Waals surface area (Å²) in [6.45, 7) is 5.57. The van der Waals surface area contributed by atoms with Crippen molar-refractivity contribution in [1.82, 2.24) is 10.1 Å². The van der Waals surface area contributed by atoms with Gasteiger partial charge in [-0.2, -0.15) is 0 Å². The summed E-state index contributed by atoms with van der Waals surface area (Å²) in [6.07, 6.45) is 1.19. The average Bonchev–Trinajstić information content (AvgIpc) is 3.14. The number of pyridine rings is 1. The van der Waals surface area contributed by atoms with E-state index in [4.69, 9.17) is 13.9 Å². The van der Waals surface area contributed by atoms with Crippen molar-refractivity contribution >= 4 is 21.2 Å². The fourth-order valence-electron chi connectivity index (χ4n) is 3.22. The number of hydrogen-bond acceptors (Lipinski definition) is 6. The summed E-state index contributed by atoms with van der Waals surface area (Å²) in [5.74, 6) is 1.43. The van der Waals surface area contributed by atoms with Crippen LogP contribution < -0.4 is 0 Å². The number of benzene rings is 1. The predicted octanol–water partition coefficient (Wildman–Crippen LogP) is 4.69. The number of hydrogen-bond donors (Lipinski definition) is 0. The third kappa shape index (κ3) is 3.09. The molecule has 0 bridgehead atoms. The van der Waals surface area contributed by atoms with E-state index in [2.05, 4.69) is 5.16 Å². The normalized spacial score (nSPS) is 13.8. The highest BCUT2D eigenvalue weighted by Crippen LogP contribution is 2.35. The number of aromatic nitrogens is 2. The Hall–Kier alpha value is -2.77. The van der Waals surface area contributed by atoms with E-state index < -0.39 is 10.2 Å². The zero-order valence-corrected chi connectivity index (χ0v) is 16.2. The number of fused-ring (bicyclic) bond motifs is 1. The van der Waals surface area contributed by atoms with E-state index in [1.165, 1.54) is 6.26 Å². The van der Waals surface area contributed by atoms with E-state index in [0.717, 1.165) is 22.4 Å². The summed E-state index contributed by atoms with van der Waals surface area (Å²) in [5.41, 5.74) is 4.16. The van der Waals surface area contributed by atoms with Gasteiger partial charge in [0.15, 0.2) is 10.5 Å². The highest BCUT2D eigenvalue weighted by Gasteiger charge is 2.20. The number of furan rings is 1. The molecule has 1 unspecified atom stereocenters. The molecule has 138 valence electrons. The Kier molecular flexibility index (Phi) is 4.01. The van der Waals surface area contributed by atoms with Crippen molar-refractivity contribution in [2.24, 2.45) is 0 Å². The van der Waals surface area contributed by atoms with E-state index in [9.17, 15) is 8.76 Å². The molecule has 27 heavy (non-hydrogen) atoms. The first-order valence-corrected chi connectivity index (χ1v) is 10.3. The molecule has 0 N–H and O–H groups in total. The van der Waals surface area contributed by atoms with Crippen molar-refractivity contribution in [2.45, 2.75) is 25.7 Å². The van der Waals surface area contributed by atoms with Crippen molar-refractivity contribution in [3.8, 4) is 22.5 Å². The molecule has 0 amide bonds. The number of rotatable bonds is 3. The van der Waals surface area contributed by atoms with Gasteiger partial charge in [-0.15, -0.1) is 4.21 Å². The van der Waals surface area contributed by atoms with Gasteiger partial charge in [-0.25, -0.2) is 4.98 Å². The second-order valence-electron chi connectivity index (χ2n) is 6.63. The highest BCUT2D eigenvalue weighted by molar-refractivity contribution is 7.97. The van der Waals surface area contributed by atoms with Gasteiger partial charge in [0.1, 0.15) is 23.5 Å². The Morgan fingerprint density at radius 2 is 1.89 bits per heavy atom. The van der Waals surface area contributed by atoms with E-state index in [1.807, 2.05) is 39.0 Å². The number of sulfone groups is 1. The van der Waals surface area contributed by atoms with Crippen LogP contribution in [0.4, 0.5) is 0 Å². The number of aryl methyl sites for hydroxylation is 3. The fourth-order valence-corrected chi connectivity index (χ4v) is 3.89. The van der Waals surface area contributed by atoms with Crippen LogP contribution in [-0.2, 0) is 14.4 Å². The third-order valence-electron chi connectivity index (χ3n) is 4.45. The fraction of sp³-hybridized carbons (Fsp3) is 0.200. The molecule has 4 rings (SSSR count). The van der Waals surface area contributed by atoms with Gasteiger partial charge in [-0.05, 0) is 39.0 Å². The molecule has 0 radical (unpaired) electrons. The highest BCUT2D eigenvalue weighted by atomic mass is 32.3. The van der Waals surface area contributed by atoms with E-state index in [1.54, 1.807) is 18.2 Å². The van der Waals surface area contributed by atoms with Crippen molar-refractivity contribution in [3.05, 3.63) is 53.6 Å². The largest absolute Gasteiger partial charge is 0.610 e. The van der Waals surface area contributed by atoms with Gasteiger partial charge in [0.25, 0.3) is 0 Å². The van der Waals surface area contributed by atoms with Gasteiger partial charge in [0, 0.05) is 17.0 Å². The SMILES string of the molecule is Cc1cc2cc(-c3c(C)noc3C)nc(-c3cccc([S+](C)(=O)[O-])c3)c2o1. The van der Waals surface area contributed by atoms with Crippen LogP contribution in [-0.4, -0.2) is 20.9 Å². The standard InChI is InChI=1S/C20H18N2O4S/c1-11-8-15-10-17(18-12(2)22-26-13(18)3)21-19(20(15)25-11)14-6-5-7-16(9-14)27(4,23)24/h5-10H,1-4H3. The maximum atomic E-state index is 12.0. The van der Waals surface area contributed by atoms with Crippen LogP contribution in [0.5, 0.6) is 0 Å². The topological polar surface area (TPSA) is 92.2 Å². The van der Waals surface area contributed by atoms with Crippen molar-refractivity contribution in [3.63, 3.8) is 0 Å². The summed E-state index contributed by atoms with van der Waals surface area (Å²) in [6, 6.07) is 10.6. The van der Waals surface area contributed by atoms with Gasteiger partial charge in [-0.1, -0.05) is 17.3 Å². The maximum Gasteiger partial charge on any atom is 0.160 e. The summed E-state index contributed by atoms with van der Waals surface area (Å²) in [7, 11) is -3.33. The monoisotopic (exact) mass is 382 g/mol. The van der Waals surface area contributed by atoms with Crippen molar-refractivity contribution in [1.29, 1.82) is 0 Å². The van der Waals surface area contributed by atoms with E-state index in [0.29, 0.717) is 28.3 Å². The molecule has 1 atom stereocenters. The molecule has 0 saturated heterocycles. The summed E-state index contributed by atoms with van der Waals surface area (Å²) in [5, 5.41) is 4.90. The summed E-state index contributed by atoms with van der Waals surface area (Å²) < 4.78 is 35.1. The van der Waals surface area contributed by atoms with Crippen LogP contribution in [0.2, 0.25) is 0 Å². The van der Waals surface area contributed by atoms with Gasteiger partial charge in [0.2, 0.25) is 0 Å². The first kappa shape index (κ1) is 17.6. The van der Waals surface area contributed by atoms with Crippen LogP contribution >= 0.6 is 0 Å². The molecule has 0 aliphatic heterocycles. The van der Waals surface area contributed by atoms with E-state index >= 15 is 0 Å². The molecule has 0 saturated carbocycles. The molecule has 1 aromatic carbocycles. The molecule has 0 spiro atoms. The van der Waals surface area contributed by atoms with Gasteiger partial charge >= 0.3 is 0 Å². The minimum absolute atomic E-state index is 0.237. The Morgan fingerprint density at radius 3 is 2.56 bits per heavy atom. The first-order valence-electron chi connectivity index (χ1n) is 8.39. The second kappa shape index (κ2) is 6.14. The lowest BCUT2D eigenvalue weighted by Gasteiger charge is -2.11. The molecule has 0 fully saturated rings. The van der Waals surface area contributed by atoms with Crippen LogP contribution in [0.3, 0.4) is 0 Å². The summed E-state index contributed by atoms with van der Waals surface area (Å²) in [4.78, 5) is 5.02. The Labute approximate surface area is 157 Å². The summed E-state index contributed by atoms with van der Waals surface area (Å²) >= 11 is 0. The van der Waals surface area contributed by atoms with E-state index in [-0.39, 0.29) is 4.90 Å². The van der Waals surface area contributed by atoms with Crippen LogP contribution in [0.15, 0.2) is 50.2 Å².